The van der Waals surface area contributed by atoms with Gasteiger partial charge < -0.3 is 5.11 Å². The first-order valence-corrected chi connectivity index (χ1v) is 7.42. The van der Waals surface area contributed by atoms with Crippen molar-refractivity contribution in [3.63, 3.8) is 0 Å². The van der Waals surface area contributed by atoms with Gasteiger partial charge in [-0.15, -0.1) is 0 Å². The predicted molar refractivity (Wildman–Crippen MR) is 94.7 cm³/mol. The lowest BCUT2D eigenvalue weighted by atomic mass is 10.2. The minimum absolute atomic E-state index is 0.0183. The van der Waals surface area contributed by atoms with Crippen LogP contribution in [0.2, 0.25) is 0 Å². The molecule has 128 valence electrons. The van der Waals surface area contributed by atoms with E-state index in [9.17, 15) is 15.2 Å². The molecule has 0 fully saturated rings. The van der Waals surface area contributed by atoms with E-state index < -0.39 is 4.92 Å². The van der Waals surface area contributed by atoms with Gasteiger partial charge in [0.25, 0.3) is 5.69 Å². The van der Waals surface area contributed by atoms with Crippen LogP contribution in [0.1, 0.15) is 5.56 Å². The standard InChI is InChI=1S/C17H12N6O3/c24-16-7-4-14(10-12(16)11-20-17-18-8-1-9-19-17)22-21-13-2-5-15(6-3-13)23(25)26/h1-11,24H/b20-11+,22-21?. The molecule has 0 aliphatic heterocycles. The highest BCUT2D eigenvalue weighted by atomic mass is 16.6. The number of hydrogen-bond donors (Lipinski definition) is 1. The van der Waals surface area contributed by atoms with Gasteiger partial charge in [-0.25, -0.2) is 15.0 Å². The van der Waals surface area contributed by atoms with Crippen LogP contribution in [-0.4, -0.2) is 26.2 Å². The minimum Gasteiger partial charge on any atom is -0.507 e. The van der Waals surface area contributed by atoms with Gasteiger partial charge in [0.2, 0.25) is 5.95 Å². The summed E-state index contributed by atoms with van der Waals surface area (Å²) in [6, 6.07) is 12.0. The van der Waals surface area contributed by atoms with E-state index in [1.165, 1.54) is 36.5 Å². The molecule has 0 spiro atoms. The number of azo groups is 1. The fourth-order valence-electron chi connectivity index (χ4n) is 1.95. The lowest BCUT2D eigenvalue weighted by molar-refractivity contribution is -0.384. The van der Waals surface area contributed by atoms with Crippen molar-refractivity contribution in [1.82, 2.24) is 9.97 Å². The molecule has 1 heterocycles. The average molecular weight is 348 g/mol. The first kappa shape index (κ1) is 16.8. The van der Waals surface area contributed by atoms with E-state index in [1.807, 2.05) is 0 Å². The molecule has 2 aromatic carbocycles. The monoisotopic (exact) mass is 348 g/mol. The van der Waals surface area contributed by atoms with Crippen LogP contribution >= 0.6 is 0 Å². The second-order valence-corrected chi connectivity index (χ2v) is 5.02. The highest BCUT2D eigenvalue weighted by Gasteiger charge is 2.04. The van der Waals surface area contributed by atoms with Gasteiger partial charge in [-0.2, -0.15) is 10.2 Å². The third kappa shape index (κ3) is 4.29. The lowest BCUT2D eigenvalue weighted by Crippen LogP contribution is -1.85. The summed E-state index contributed by atoms with van der Waals surface area (Å²) in [4.78, 5) is 22.1. The van der Waals surface area contributed by atoms with Crippen LogP contribution in [0.25, 0.3) is 0 Å². The van der Waals surface area contributed by atoms with E-state index in [4.69, 9.17) is 0 Å². The van der Waals surface area contributed by atoms with Gasteiger partial charge in [-0.05, 0) is 36.4 Å². The quantitative estimate of drug-likeness (QED) is 0.319. The zero-order valence-electron chi connectivity index (χ0n) is 13.3. The summed E-state index contributed by atoms with van der Waals surface area (Å²) in [5.74, 6) is 0.295. The van der Waals surface area contributed by atoms with Gasteiger partial charge in [-0.1, -0.05) is 0 Å². The number of nitro benzene ring substituents is 1. The predicted octanol–water partition coefficient (Wildman–Crippen LogP) is 4.26. The maximum absolute atomic E-state index is 10.6. The molecule has 3 aromatic rings. The number of aromatic nitrogens is 2. The summed E-state index contributed by atoms with van der Waals surface area (Å²) < 4.78 is 0. The molecule has 0 aliphatic carbocycles. The summed E-state index contributed by atoms with van der Waals surface area (Å²) in [6.45, 7) is 0. The van der Waals surface area contributed by atoms with Crippen LogP contribution in [-0.2, 0) is 0 Å². The van der Waals surface area contributed by atoms with Crippen molar-refractivity contribution in [2.24, 2.45) is 15.2 Å². The summed E-state index contributed by atoms with van der Waals surface area (Å²) in [6.07, 6.45) is 4.55. The summed E-state index contributed by atoms with van der Waals surface area (Å²) in [5, 5.41) is 28.6. The van der Waals surface area contributed by atoms with Crippen LogP contribution in [0, 0.1) is 10.1 Å². The molecule has 0 atom stereocenters. The SMILES string of the molecule is O=[N+]([O-])c1ccc(N=Nc2ccc(O)c(/C=N/c3ncccn3)c2)cc1. The molecule has 1 aromatic heterocycles. The maximum Gasteiger partial charge on any atom is 0.269 e. The van der Waals surface area contributed by atoms with Crippen LogP contribution < -0.4 is 0 Å². The summed E-state index contributed by atoms with van der Waals surface area (Å²) >= 11 is 0. The third-order valence-corrected chi connectivity index (χ3v) is 3.22. The van der Waals surface area contributed by atoms with E-state index in [0.717, 1.165) is 0 Å². The Labute approximate surface area is 147 Å². The van der Waals surface area contributed by atoms with Crippen LogP contribution in [0.15, 0.2) is 76.1 Å². The Balaban J connectivity index is 1.78. The molecule has 26 heavy (non-hydrogen) atoms. The highest BCUT2D eigenvalue weighted by molar-refractivity contribution is 5.86. The zero-order valence-corrected chi connectivity index (χ0v) is 13.3. The second kappa shape index (κ2) is 7.71. The third-order valence-electron chi connectivity index (χ3n) is 3.22. The number of non-ortho nitro benzene ring substituents is 1. The number of phenols is 1. The number of aliphatic imine (C=N–C) groups is 1. The smallest absolute Gasteiger partial charge is 0.269 e. The molecular weight excluding hydrogens is 336 g/mol. The molecule has 0 saturated carbocycles. The summed E-state index contributed by atoms with van der Waals surface area (Å²) in [5.41, 5.74) is 1.36. The number of hydrogen-bond acceptors (Lipinski definition) is 8. The van der Waals surface area contributed by atoms with Gasteiger partial charge in [0.1, 0.15) is 5.75 Å². The van der Waals surface area contributed by atoms with Crippen molar-refractivity contribution >= 4 is 29.2 Å². The molecule has 0 bridgehead atoms. The number of benzene rings is 2. The Morgan fingerprint density at radius 3 is 2.35 bits per heavy atom. The second-order valence-electron chi connectivity index (χ2n) is 5.02. The largest absolute Gasteiger partial charge is 0.507 e. The van der Waals surface area contributed by atoms with Crippen molar-refractivity contribution in [2.75, 3.05) is 0 Å². The summed E-state index contributed by atoms with van der Waals surface area (Å²) in [7, 11) is 0. The van der Waals surface area contributed by atoms with Gasteiger partial charge in [0.15, 0.2) is 0 Å². The fraction of sp³-hybridized carbons (Fsp3) is 0. The molecule has 3 rings (SSSR count). The molecule has 9 nitrogen and oxygen atoms in total. The van der Waals surface area contributed by atoms with Gasteiger partial charge in [0.05, 0.1) is 16.3 Å². The minimum atomic E-state index is -0.483. The Bertz CT molecular complexity index is 972. The van der Waals surface area contributed by atoms with Crippen LogP contribution in [0.4, 0.5) is 23.0 Å². The normalized spacial score (nSPS) is 11.2. The molecule has 0 aliphatic rings. The van der Waals surface area contributed by atoms with E-state index in [-0.39, 0.29) is 17.4 Å². The first-order chi connectivity index (χ1) is 12.6. The lowest BCUT2D eigenvalue weighted by Gasteiger charge is -2.00. The van der Waals surface area contributed by atoms with Crippen molar-refractivity contribution in [3.05, 3.63) is 76.6 Å². The number of nitro groups is 1. The molecular formula is C17H12N6O3. The molecule has 1 N–H and O–H groups in total. The fourth-order valence-corrected chi connectivity index (χ4v) is 1.95. The highest BCUT2D eigenvalue weighted by Crippen LogP contribution is 2.25. The van der Waals surface area contributed by atoms with Gasteiger partial charge in [0, 0.05) is 36.3 Å². The maximum atomic E-state index is 10.6. The zero-order chi connectivity index (χ0) is 18.4. The van der Waals surface area contributed by atoms with Gasteiger partial charge in [-0.3, -0.25) is 10.1 Å². The topological polar surface area (TPSA) is 126 Å². The molecule has 0 amide bonds. The Kier molecular flexibility index (Phi) is 4.99. The van der Waals surface area contributed by atoms with Crippen molar-refractivity contribution in [2.45, 2.75) is 0 Å². The Morgan fingerprint density at radius 1 is 1.00 bits per heavy atom. The van der Waals surface area contributed by atoms with Crippen molar-refractivity contribution in [1.29, 1.82) is 0 Å². The average Bonchev–Trinajstić information content (AvgIpc) is 2.67. The van der Waals surface area contributed by atoms with Gasteiger partial charge >= 0.3 is 0 Å². The first-order valence-electron chi connectivity index (χ1n) is 7.42. The number of phenolic OH excluding ortho intramolecular Hbond substituents is 1. The number of aromatic hydroxyl groups is 1. The number of rotatable bonds is 5. The van der Waals surface area contributed by atoms with E-state index >= 15 is 0 Å². The van der Waals surface area contributed by atoms with Crippen LogP contribution in [0.5, 0.6) is 5.75 Å². The van der Waals surface area contributed by atoms with E-state index in [0.29, 0.717) is 16.9 Å². The molecule has 9 heteroatoms. The van der Waals surface area contributed by atoms with Crippen molar-refractivity contribution in [3.8, 4) is 5.75 Å². The Hall–Kier alpha value is -4.01. The van der Waals surface area contributed by atoms with Crippen LogP contribution in [0.3, 0.4) is 0 Å². The Morgan fingerprint density at radius 2 is 1.65 bits per heavy atom. The number of nitrogens with zero attached hydrogens (tertiary/aromatic N) is 6. The van der Waals surface area contributed by atoms with E-state index in [2.05, 4.69) is 25.2 Å². The molecule has 0 unspecified atom stereocenters. The van der Waals surface area contributed by atoms with E-state index in [1.54, 1.807) is 30.6 Å². The molecule has 0 saturated heterocycles. The molecule has 0 radical (unpaired) electrons. The van der Waals surface area contributed by atoms with Crippen molar-refractivity contribution < 1.29 is 10.0 Å².